The number of nitrogens with one attached hydrogen (secondary N) is 1. The standard InChI is InChI=1S/C16H26N2O2/c1-15(8-3-2-4-9-15)18-12-7-13(19)17-16(14(18)20)10-5-6-11-16/h2-12H2,1H3,(H,17,19). The average Bonchev–Trinajstić information content (AvgIpc) is 2.84. The molecule has 1 spiro atoms. The highest BCUT2D eigenvalue weighted by molar-refractivity contribution is 5.94. The van der Waals surface area contributed by atoms with Crippen LogP contribution in [0.3, 0.4) is 0 Å². The van der Waals surface area contributed by atoms with Gasteiger partial charge in [0, 0.05) is 18.5 Å². The van der Waals surface area contributed by atoms with E-state index in [4.69, 9.17) is 0 Å². The molecule has 0 aromatic rings. The lowest BCUT2D eigenvalue weighted by atomic mass is 9.80. The normalized spacial score (nSPS) is 29.4. The summed E-state index contributed by atoms with van der Waals surface area (Å²) in [7, 11) is 0. The molecule has 3 rings (SSSR count). The van der Waals surface area contributed by atoms with Crippen LogP contribution in [0.1, 0.15) is 71.1 Å². The van der Waals surface area contributed by atoms with Crippen molar-refractivity contribution in [1.29, 1.82) is 0 Å². The third-order valence-electron chi connectivity index (χ3n) is 5.64. The SMILES string of the molecule is CC1(N2CCC(=O)NC3(CCCC3)C2=O)CCCCC1. The van der Waals surface area contributed by atoms with E-state index in [-0.39, 0.29) is 17.4 Å². The van der Waals surface area contributed by atoms with E-state index in [0.717, 1.165) is 38.5 Å². The second kappa shape index (κ2) is 5.05. The molecule has 2 aliphatic carbocycles. The molecule has 4 heteroatoms. The van der Waals surface area contributed by atoms with Crippen molar-refractivity contribution in [2.45, 2.75) is 82.2 Å². The Morgan fingerprint density at radius 1 is 0.950 bits per heavy atom. The molecular weight excluding hydrogens is 252 g/mol. The van der Waals surface area contributed by atoms with E-state index in [2.05, 4.69) is 17.1 Å². The Balaban J connectivity index is 1.89. The molecule has 0 unspecified atom stereocenters. The van der Waals surface area contributed by atoms with E-state index in [9.17, 15) is 9.59 Å². The fraction of sp³-hybridized carbons (Fsp3) is 0.875. The summed E-state index contributed by atoms with van der Waals surface area (Å²) in [5, 5.41) is 3.06. The van der Waals surface area contributed by atoms with Crippen LogP contribution in [0.25, 0.3) is 0 Å². The number of amides is 2. The van der Waals surface area contributed by atoms with Crippen molar-refractivity contribution in [3.63, 3.8) is 0 Å². The van der Waals surface area contributed by atoms with Gasteiger partial charge in [-0.25, -0.2) is 0 Å². The second-order valence-corrected chi connectivity index (χ2v) is 7.10. The van der Waals surface area contributed by atoms with Gasteiger partial charge < -0.3 is 10.2 Å². The van der Waals surface area contributed by atoms with Gasteiger partial charge in [-0.1, -0.05) is 32.1 Å². The fourth-order valence-electron chi connectivity index (χ4n) is 4.37. The average molecular weight is 278 g/mol. The first-order valence-electron chi connectivity index (χ1n) is 8.19. The lowest BCUT2D eigenvalue weighted by Gasteiger charge is -2.46. The highest BCUT2D eigenvalue weighted by Crippen LogP contribution is 2.39. The van der Waals surface area contributed by atoms with Gasteiger partial charge in [0.2, 0.25) is 11.8 Å². The highest BCUT2D eigenvalue weighted by Gasteiger charge is 2.50. The molecule has 0 aromatic carbocycles. The van der Waals surface area contributed by atoms with Gasteiger partial charge in [-0.2, -0.15) is 0 Å². The van der Waals surface area contributed by atoms with Crippen molar-refractivity contribution in [3.8, 4) is 0 Å². The zero-order valence-corrected chi connectivity index (χ0v) is 12.5. The largest absolute Gasteiger partial charge is 0.342 e. The highest BCUT2D eigenvalue weighted by atomic mass is 16.2. The van der Waals surface area contributed by atoms with Crippen molar-refractivity contribution in [2.75, 3.05) is 6.54 Å². The Labute approximate surface area is 121 Å². The smallest absolute Gasteiger partial charge is 0.248 e. The summed E-state index contributed by atoms with van der Waals surface area (Å²) in [6, 6.07) is 0. The van der Waals surface area contributed by atoms with Gasteiger partial charge >= 0.3 is 0 Å². The number of carbonyl (C=O) groups excluding carboxylic acids is 2. The first-order valence-corrected chi connectivity index (χ1v) is 8.19. The van der Waals surface area contributed by atoms with Crippen molar-refractivity contribution < 1.29 is 9.59 Å². The Morgan fingerprint density at radius 3 is 2.20 bits per heavy atom. The topological polar surface area (TPSA) is 49.4 Å². The van der Waals surface area contributed by atoms with Gasteiger partial charge in [0.15, 0.2) is 0 Å². The molecule has 1 aliphatic heterocycles. The number of hydrogen-bond donors (Lipinski definition) is 1. The molecule has 1 saturated heterocycles. The number of rotatable bonds is 1. The van der Waals surface area contributed by atoms with E-state index in [0.29, 0.717) is 13.0 Å². The van der Waals surface area contributed by atoms with Crippen molar-refractivity contribution >= 4 is 11.8 Å². The number of carbonyl (C=O) groups is 2. The van der Waals surface area contributed by atoms with Crippen LogP contribution in [0.5, 0.6) is 0 Å². The van der Waals surface area contributed by atoms with Crippen molar-refractivity contribution in [2.24, 2.45) is 0 Å². The molecular formula is C16H26N2O2. The Hall–Kier alpha value is -1.06. The maximum Gasteiger partial charge on any atom is 0.248 e. The third-order valence-corrected chi connectivity index (χ3v) is 5.64. The Morgan fingerprint density at radius 2 is 1.55 bits per heavy atom. The van der Waals surface area contributed by atoms with E-state index in [1.807, 2.05) is 0 Å². The molecule has 3 aliphatic rings. The Bertz CT molecular complexity index is 407. The zero-order chi connectivity index (χ0) is 14.2. The maximum absolute atomic E-state index is 13.1. The molecule has 0 bridgehead atoms. The van der Waals surface area contributed by atoms with Crippen LogP contribution < -0.4 is 5.32 Å². The van der Waals surface area contributed by atoms with Crippen LogP contribution in [0.4, 0.5) is 0 Å². The summed E-state index contributed by atoms with van der Waals surface area (Å²) in [4.78, 5) is 27.2. The zero-order valence-electron chi connectivity index (χ0n) is 12.5. The van der Waals surface area contributed by atoms with E-state index in [1.165, 1.54) is 19.3 Å². The van der Waals surface area contributed by atoms with Crippen LogP contribution in [0.2, 0.25) is 0 Å². The van der Waals surface area contributed by atoms with Gasteiger partial charge in [0.25, 0.3) is 0 Å². The maximum atomic E-state index is 13.1. The second-order valence-electron chi connectivity index (χ2n) is 7.10. The summed E-state index contributed by atoms with van der Waals surface area (Å²) in [5.41, 5.74) is -0.606. The van der Waals surface area contributed by atoms with Gasteiger partial charge in [0.1, 0.15) is 5.54 Å². The lowest BCUT2D eigenvalue weighted by molar-refractivity contribution is -0.145. The molecule has 3 fully saturated rings. The lowest BCUT2D eigenvalue weighted by Crippen LogP contribution is -2.60. The minimum atomic E-state index is -0.575. The minimum Gasteiger partial charge on any atom is -0.342 e. The molecule has 0 aromatic heterocycles. The Kier molecular flexibility index (Phi) is 3.51. The molecule has 20 heavy (non-hydrogen) atoms. The van der Waals surface area contributed by atoms with Crippen molar-refractivity contribution in [3.05, 3.63) is 0 Å². The van der Waals surface area contributed by atoms with Gasteiger partial charge in [0.05, 0.1) is 0 Å². The van der Waals surface area contributed by atoms with E-state index in [1.54, 1.807) is 0 Å². The minimum absolute atomic E-state index is 0.0305. The monoisotopic (exact) mass is 278 g/mol. The van der Waals surface area contributed by atoms with Gasteiger partial charge in [-0.05, 0) is 32.6 Å². The first kappa shape index (κ1) is 13.9. The molecule has 112 valence electrons. The summed E-state index contributed by atoms with van der Waals surface area (Å²) < 4.78 is 0. The summed E-state index contributed by atoms with van der Waals surface area (Å²) >= 11 is 0. The van der Waals surface area contributed by atoms with Gasteiger partial charge in [-0.3, -0.25) is 9.59 Å². The molecule has 2 amide bonds. The van der Waals surface area contributed by atoms with Crippen LogP contribution in [0.15, 0.2) is 0 Å². The predicted octanol–water partition coefficient (Wildman–Crippen LogP) is 2.37. The fourth-order valence-corrected chi connectivity index (χ4v) is 4.37. The molecule has 0 radical (unpaired) electrons. The van der Waals surface area contributed by atoms with Crippen LogP contribution in [-0.4, -0.2) is 34.3 Å². The molecule has 1 N–H and O–H groups in total. The molecule has 2 saturated carbocycles. The number of hydrogen-bond acceptors (Lipinski definition) is 2. The molecule has 0 atom stereocenters. The van der Waals surface area contributed by atoms with Crippen LogP contribution in [-0.2, 0) is 9.59 Å². The quantitative estimate of drug-likeness (QED) is 0.800. The summed E-state index contributed by atoms with van der Waals surface area (Å²) in [5.74, 6) is 0.257. The first-order chi connectivity index (χ1) is 9.56. The van der Waals surface area contributed by atoms with E-state index < -0.39 is 5.54 Å². The van der Waals surface area contributed by atoms with Crippen LogP contribution in [0, 0.1) is 0 Å². The molecule has 1 heterocycles. The van der Waals surface area contributed by atoms with Crippen LogP contribution >= 0.6 is 0 Å². The predicted molar refractivity (Wildman–Crippen MR) is 77.2 cm³/mol. The summed E-state index contributed by atoms with van der Waals surface area (Å²) in [6.07, 6.45) is 10.1. The molecule has 4 nitrogen and oxygen atoms in total. The third kappa shape index (κ3) is 2.23. The van der Waals surface area contributed by atoms with Crippen molar-refractivity contribution in [1.82, 2.24) is 10.2 Å². The van der Waals surface area contributed by atoms with E-state index >= 15 is 0 Å². The van der Waals surface area contributed by atoms with Gasteiger partial charge in [-0.15, -0.1) is 0 Å². The number of nitrogens with zero attached hydrogens (tertiary/aromatic N) is 1. The summed E-state index contributed by atoms with van der Waals surface area (Å²) in [6.45, 7) is 2.82.